The molecule has 0 amide bonds. The molecule has 1 unspecified atom stereocenters. The Labute approximate surface area is 129 Å². The van der Waals surface area contributed by atoms with Gasteiger partial charge in [0.2, 0.25) is 0 Å². The van der Waals surface area contributed by atoms with Crippen LogP contribution in [0.15, 0.2) is 40.9 Å². The molecule has 112 valence electrons. The highest BCUT2D eigenvalue weighted by atomic mass is 79.9. The van der Waals surface area contributed by atoms with Gasteiger partial charge in [0.15, 0.2) is 0 Å². The van der Waals surface area contributed by atoms with E-state index in [1.807, 2.05) is 6.07 Å². The maximum atomic E-state index is 13.6. The Morgan fingerprint density at radius 1 is 1.24 bits per heavy atom. The van der Waals surface area contributed by atoms with Gasteiger partial charge in [-0.25, -0.2) is 8.78 Å². The summed E-state index contributed by atoms with van der Waals surface area (Å²) in [6, 6.07) is 8.32. The first-order valence-corrected chi connectivity index (χ1v) is 7.01. The molecule has 0 aliphatic heterocycles. The number of halogens is 3. The molecule has 0 heterocycles. The highest BCUT2D eigenvalue weighted by molar-refractivity contribution is 9.10. The summed E-state index contributed by atoms with van der Waals surface area (Å²) in [5.41, 5.74) is 0.555. The van der Waals surface area contributed by atoms with E-state index < -0.39 is 17.7 Å². The number of anilines is 1. The fourth-order valence-corrected chi connectivity index (χ4v) is 2.27. The highest BCUT2D eigenvalue weighted by Crippen LogP contribution is 2.28. The van der Waals surface area contributed by atoms with Crippen molar-refractivity contribution < 1.29 is 18.6 Å². The summed E-state index contributed by atoms with van der Waals surface area (Å²) in [5.74, 6) is -0.650. The number of methoxy groups -OCH3 is 1. The quantitative estimate of drug-likeness (QED) is 0.853. The minimum absolute atomic E-state index is 0.0210. The van der Waals surface area contributed by atoms with E-state index in [2.05, 4.69) is 21.2 Å². The first-order chi connectivity index (χ1) is 10.0. The molecule has 0 radical (unpaired) electrons. The van der Waals surface area contributed by atoms with Crippen molar-refractivity contribution in [2.24, 2.45) is 0 Å². The molecule has 2 aromatic rings. The van der Waals surface area contributed by atoms with E-state index in [1.165, 1.54) is 7.11 Å². The van der Waals surface area contributed by atoms with Crippen LogP contribution in [-0.2, 0) is 0 Å². The zero-order valence-corrected chi connectivity index (χ0v) is 12.8. The normalized spacial score (nSPS) is 12.0. The lowest BCUT2D eigenvalue weighted by Gasteiger charge is -2.16. The fraction of sp³-hybridized carbons (Fsp3) is 0.200. The van der Waals surface area contributed by atoms with Gasteiger partial charge in [-0.15, -0.1) is 0 Å². The Hall–Kier alpha value is -1.66. The summed E-state index contributed by atoms with van der Waals surface area (Å²) in [6.07, 6.45) is -1.18. The topological polar surface area (TPSA) is 41.5 Å². The van der Waals surface area contributed by atoms with E-state index in [9.17, 15) is 13.9 Å². The number of nitrogens with one attached hydrogen (secondary N) is 1. The van der Waals surface area contributed by atoms with Crippen molar-refractivity contribution in [2.75, 3.05) is 19.0 Å². The molecule has 0 spiro atoms. The number of ether oxygens (including phenoxy) is 1. The van der Waals surface area contributed by atoms with Gasteiger partial charge in [0, 0.05) is 16.6 Å². The second kappa shape index (κ2) is 6.87. The van der Waals surface area contributed by atoms with Crippen LogP contribution in [0, 0.1) is 11.6 Å². The number of rotatable bonds is 5. The molecule has 0 fully saturated rings. The molecule has 0 aliphatic carbocycles. The predicted octanol–water partition coefficient (Wildman–Crippen LogP) is 3.88. The molecule has 6 heteroatoms. The van der Waals surface area contributed by atoms with Crippen LogP contribution in [0.4, 0.5) is 14.5 Å². The lowest BCUT2D eigenvalue weighted by Crippen LogP contribution is -2.14. The fourth-order valence-electron chi connectivity index (χ4n) is 1.90. The number of aliphatic hydroxyl groups excluding tert-OH is 1. The van der Waals surface area contributed by atoms with Crippen molar-refractivity contribution in [3.63, 3.8) is 0 Å². The molecule has 0 aliphatic rings. The largest absolute Gasteiger partial charge is 0.495 e. The number of aliphatic hydroxyl groups is 1. The smallest absolute Gasteiger partial charge is 0.142 e. The maximum Gasteiger partial charge on any atom is 0.142 e. The summed E-state index contributed by atoms with van der Waals surface area (Å²) >= 11 is 3.33. The van der Waals surface area contributed by atoms with Gasteiger partial charge in [0.05, 0.1) is 18.9 Å². The van der Waals surface area contributed by atoms with E-state index in [4.69, 9.17) is 4.74 Å². The van der Waals surface area contributed by atoms with Crippen LogP contribution in [-0.4, -0.2) is 18.8 Å². The molecular weight excluding hydrogens is 344 g/mol. The van der Waals surface area contributed by atoms with Crippen LogP contribution < -0.4 is 10.1 Å². The molecule has 2 aromatic carbocycles. The summed E-state index contributed by atoms with van der Waals surface area (Å²) in [6.45, 7) is 0.0210. The van der Waals surface area contributed by atoms with Crippen LogP contribution in [0.3, 0.4) is 0 Å². The standard InChI is InChI=1S/C15H14BrF2NO2/c1-21-15-5-2-9(16)6-13(15)19-8-14(20)11-7-10(17)3-4-12(11)18/h2-7,14,19-20H,8H2,1H3. The van der Waals surface area contributed by atoms with Crippen LogP contribution in [0.25, 0.3) is 0 Å². The van der Waals surface area contributed by atoms with Crippen LogP contribution >= 0.6 is 15.9 Å². The predicted molar refractivity (Wildman–Crippen MR) is 80.5 cm³/mol. The van der Waals surface area contributed by atoms with Gasteiger partial charge in [-0.05, 0) is 36.4 Å². The summed E-state index contributed by atoms with van der Waals surface area (Å²) in [4.78, 5) is 0. The SMILES string of the molecule is COc1ccc(Br)cc1NCC(O)c1cc(F)ccc1F. The molecule has 0 bridgehead atoms. The molecular formula is C15H14BrF2NO2. The number of hydrogen-bond donors (Lipinski definition) is 2. The first kappa shape index (κ1) is 15.7. The monoisotopic (exact) mass is 357 g/mol. The van der Waals surface area contributed by atoms with Gasteiger partial charge in [-0.1, -0.05) is 15.9 Å². The lowest BCUT2D eigenvalue weighted by atomic mass is 10.1. The zero-order valence-electron chi connectivity index (χ0n) is 11.2. The van der Waals surface area contributed by atoms with E-state index in [0.717, 1.165) is 22.7 Å². The van der Waals surface area contributed by atoms with Gasteiger partial charge < -0.3 is 15.2 Å². The van der Waals surface area contributed by atoms with Crippen molar-refractivity contribution >= 4 is 21.6 Å². The van der Waals surface area contributed by atoms with Crippen LogP contribution in [0.1, 0.15) is 11.7 Å². The molecule has 2 rings (SSSR count). The third-order valence-electron chi connectivity index (χ3n) is 2.96. The molecule has 0 aromatic heterocycles. The third-order valence-corrected chi connectivity index (χ3v) is 3.46. The molecule has 0 saturated carbocycles. The van der Waals surface area contributed by atoms with E-state index in [0.29, 0.717) is 11.4 Å². The number of hydrogen-bond acceptors (Lipinski definition) is 3. The minimum Gasteiger partial charge on any atom is -0.495 e. The van der Waals surface area contributed by atoms with Gasteiger partial charge >= 0.3 is 0 Å². The van der Waals surface area contributed by atoms with Crippen molar-refractivity contribution in [1.29, 1.82) is 0 Å². The van der Waals surface area contributed by atoms with Crippen molar-refractivity contribution in [2.45, 2.75) is 6.10 Å². The first-order valence-electron chi connectivity index (χ1n) is 6.21. The van der Waals surface area contributed by atoms with E-state index in [-0.39, 0.29) is 12.1 Å². The Kier molecular flexibility index (Phi) is 5.14. The lowest BCUT2D eigenvalue weighted by molar-refractivity contribution is 0.186. The summed E-state index contributed by atoms with van der Waals surface area (Å²) in [5, 5.41) is 13.0. The van der Waals surface area contributed by atoms with Crippen molar-refractivity contribution in [3.05, 3.63) is 58.1 Å². The highest BCUT2D eigenvalue weighted by Gasteiger charge is 2.14. The average Bonchev–Trinajstić information content (AvgIpc) is 2.47. The Bertz CT molecular complexity index is 637. The zero-order chi connectivity index (χ0) is 15.4. The van der Waals surface area contributed by atoms with Crippen molar-refractivity contribution in [3.8, 4) is 5.75 Å². The molecule has 0 saturated heterocycles. The summed E-state index contributed by atoms with van der Waals surface area (Å²) in [7, 11) is 1.52. The Morgan fingerprint density at radius 2 is 2.00 bits per heavy atom. The molecule has 3 nitrogen and oxygen atoms in total. The van der Waals surface area contributed by atoms with E-state index in [1.54, 1.807) is 12.1 Å². The Morgan fingerprint density at radius 3 is 2.71 bits per heavy atom. The van der Waals surface area contributed by atoms with Crippen molar-refractivity contribution in [1.82, 2.24) is 0 Å². The minimum atomic E-state index is -1.18. The van der Waals surface area contributed by atoms with Crippen LogP contribution in [0.2, 0.25) is 0 Å². The van der Waals surface area contributed by atoms with E-state index >= 15 is 0 Å². The van der Waals surface area contributed by atoms with Gasteiger partial charge in [-0.2, -0.15) is 0 Å². The molecule has 1 atom stereocenters. The second-order valence-corrected chi connectivity index (χ2v) is 5.32. The summed E-state index contributed by atoms with van der Waals surface area (Å²) < 4.78 is 32.7. The maximum absolute atomic E-state index is 13.6. The average molecular weight is 358 g/mol. The van der Waals surface area contributed by atoms with Gasteiger partial charge in [0.25, 0.3) is 0 Å². The third kappa shape index (κ3) is 3.92. The molecule has 21 heavy (non-hydrogen) atoms. The van der Waals surface area contributed by atoms with Crippen LogP contribution in [0.5, 0.6) is 5.75 Å². The second-order valence-electron chi connectivity index (χ2n) is 4.41. The Balaban J connectivity index is 2.12. The van der Waals surface area contributed by atoms with Gasteiger partial charge in [0.1, 0.15) is 17.4 Å². The number of benzene rings is 2. The van der Waals surface area contributed by atoms with Gasteiger partial charge in [-0.3, -0.25) is 0 Å². The molecule has 2 N–H and O–H groups in total.